The van der Waals surface area contributed by atoms with Crippen LogP contribution in [0.25, 0.3) is 22.2 Å². The number of aromatic nitrogens is 2. The molecule has 1 unspecified atom stereocenters. The molecule has 1 amide bonds. The Hall–Kier alpha value is -3.03. The molecule has 7 heteroatoms. The molecule has 7 nitrogen and oxygen atoms in total. The van der Waals surface area contributed by atoms with Crippen molar-refractivity contribution in [2.45, 2.75) is 58.2 Å². The molecule has 1 aliphatic rings. The summed E-state index contributed by atoms with van der Waals surface area (Å²) in [5.41, 5.74) is 3.32. The monoisotopic (exact) mass is 477 g/mol. The molecule has 2 N–H and O–H groups in total. The maximum absolute atomic E-state index is 12.8. The molecule has 0 saturated heterocycles. The number of hydrogen-bond acceptors (Lipinski definition) is 6. The first-order chi connectivity index (χ1) is 16.6. The Labute approximate surface area is 206 Å². The van der Waals surface area contributed by atoms with E-state index in [9.17, 15) is 15.0 Å². The average molecular weight is 478 g/mol. The van der Waals surface area contributed by atoms with Gasteiger partial charge in [-0.2, -0.15) is 0 Å². The third-order valence-electron chi connectivity index (χ3n) is 7.00. The Morgan fingerprint density at radius 3 is 2.54 bits per heavy atom. The zero-order chi connectivity index (χ0) is 25.3. The molecule has 186 valence electrons. The molecule has 2 aromatic carbocycles. The lowest BCUT2D eigenvalue weighted by Crippen LogP contribution is -2.41. The van der Waals surface area contributed by atoms with Crippen LogP contribution >= 0.6 is 0 Å². The minimum Gasteiger partial charge on any atom is -0.496 e. The summed E-state index contributed by atoms with van der Waals surface area (Å²) in [6.07, 6.45) is 1.45. The van der Waals surface area contributed by atoms with Crippen molar-refractivity contribution >= 4 is 16.8 Å². The third kappa shape index (κ3) is 5.16. The first-order valence-corrected chi connectivity index (χ1v) is 12.2. The molecule has 1 heterocycles. The Bertz CT molecular complexity index is 1230. The van der Waals surface area contributed by atoms with Crippen LogP contribution < -0.4 is 4.74 Å². The Morgan fingerprint density at radius 1 is 1.20 bits per heavy atom. The van der Waals surface area contributed by atoms with Gasteiger partial charge in [-0.15, -0.1) is 0 Å². The van der Waals surface area contributed by atoms with E-state index in [0.717, 1.165) is 27.7 Å². The van der Waals surface area contributed by atoms with Gasteiger partial charge < -0.3 is 19.8 Å². The van der Waals surface area contributed by atoms with E-state index in [1.165, 1.54) is 0 Å². The summed E-state index contributed by atoms with van der Waals surface area (Å²) in [6.45, 7) is 5.90. The highest BCUT2D eigenvalue weighted by Crippen LogP contribution is 2.45. The summed E-state index contributed by atoms with van der Waals surface area (Å²) in [4.78, 5) is 23.8. The van der Waals surface area contributed by atoms with Crippen LogP contribution in [0.5, 0.6) is 5.75 Å². The van der Waals surface area contributed by atoms with E-state index in [4.69, 9.17) is 9.72 Å². The van der Waals surface area contributed by atoms with Crippen molar-refractivity contribution in [1.29, 1.82) is 0 Å². The van der Waals surface area contributed by atoms with Gasteiger partial charge in [0.25, 0.3) is 0 Å². The van der Waals surface area contributed by atoms with Gasteiger partial charge in [0, 0.05) is 42.1 Å². The number of carbonyl (C=O) groups excluding carboxylic acids is 1. The van der Waals surface area contributed by atoms with E-state index in [2.05, 4.69) is 24.0 Å². The van der Waals surface area contributed by atoms with E-state index < -0.39 is 11.7 Å². The quantitative estimate of drug-likeness (QED) is 0.554. The minimum absolute atomic E-state index is 0.0176. The van der Waals surface area contributed by atoms with Gasteiger partial charge in [-0.05, 0) is 58.6 Å². The second kappa shape index (κ2) is 9.91. The highest BCUT2D eigenvalue weighted by Gasteiger charge is 2.40. The number of rotatable bonds is 6. The molecular formula is C28H35N3O4. The van der Waals surface area contributed by atoms with Crippen molar-refractivity contribution in [2.24, 2.45) is 5.92 Å². The summed E-state index contributed by atoms with van der Waals surface area (Å²) in [5.74, 6) is 1.11. The number of hydrogen-bond donors (Lipinski definition) is 2. The fourth-order valence-electron chi connectivity index (χ4n) is 5.23. The maximum atomic E-state index is 12.8. The molecule has 0 bridgehead atoms. The highest BCUT2D eigenvalue weighted by molar-refractivity contribution is 5.94. The van der Waals surface area contributed by atoms with Gasteiger partial charge in [0.05, 0.1) is 30.0 Å². The molecule has 1 aromatic heterocycles. The number of amides is 1. The van der Waals surface area contributed by atoms with Crippen LogP contribution in [-0.4, -0.2) is 57.8 Å². The maximum Gasteiger partial charge on any atom is 0.225 e. The number of aliphatic hydroxyl groups excluding tert-OH is 1. The Kier molecular flexibility index (Phi) is 7.10. The van der Waals surface area contributed by atoms with Crippen LogP contribution in [-0.2, 0) is 10.4 Å². The van der Waals surface area contributed by atoms with Crippen LogP contribution in [0, 0.1) is 19.8 Å². The van der Waals surface area contributed by atoms with Crippen molar-refractivity contribution in [1.82, 2.24) is 14.9 Å². The van der Waals surface area contributed by atoms with E-state index in [1.54, 1.807) is 26.0 Å². The van der Waals surface area contributed by atoms with Crippen molar-refractivity contribution < 1.29 is 19.7 Å². The second-order valence-corrected chi connectivity index (χ2v) is 9.93. The normalized spacial score (nSPS) is 21.1. The second-order valence-electron chi connectivity index (χ2n) is 9.93. The van der Waals surface area contributed by atoms with Gasteiger partial charge in [-0.25, -0.2) is 9.97 Å². The number of likely N-dealkylation sites (N-methyl/N-ethyl adjacent to an activating group) is 1. The van der Waals surface area contributed by atoms with Gasteiger partial charge in [0.2, 0.25) is 5.91 Å². The SMILES string of the molecule is COc1cc2nc(C)nc(-c3cccc(C)c3)c2cc1C1(O)CCC(C(=O)N(C)CC(C)O)CC1. The number of aliphatic hydroxyl groups is 2. The molecule has 3 aromatic rings. The summed E-state index contributed by atoms with van der Waals surface area (Å²) >= 11 is 0. The van der Waals surface area contributed by atoms with Crippen LogP contribution in [0.3, 0.4) is 0 Å². The molecule has 0 radical (unpaired) electrons. The summed E-state index contributed by atoms with van der Waals surface area (Å²) in [6, 6.07) is 12.0. The highest BCUT2D eigenvalue weighted by atomic mass is 16.5. The van der Waals surface area contributed by atoms with E-state index in [-0.39, 0.29) is 11.8 Å². The fourth-order valence-corrected chi connectivity index (χ4v) is 5.23. The summed E-state index contributed by atoms with van der Waals surface area (Å²) < 4.78 is 5.71. The van der Waals surface area contributed by atoms with Gasteiger partial charge in [-0.3, -0.25) is 4.79 Å². The number of methoxy groups -OCH3 is 1. The van der Waals surface area contributed by atoms with Crippen molar-refractivity contribution in [2.75, 3.05) is 20.7 Å². The number of nitrogens with zero attached hydrogens (tertiary/aromatic N) is 3. The molecule has 35 heavy (non-hydrogen) atoms. The molecule has 4 rings (SSSR count). The van der Waals surface area contributed by atoms with E-state index >= 15 is 0 Å². The number of carbonyl (C=O) groups is 1. The molecular weight excluding hydrogens is 442 g/mol. The first kappa shape index (κ1) is 25.1. The number of aryl methyl sites for hydroxylation is 2. The van der Waals surface area contributed by atoms with Gasteiger partial charge in [-0.1, -0.05) is 23.8 Å². The molecule has 1 fully saturated rings. The number of ether oxygens (including phenoxy) is 1. The van der Waals surface area contributed by atoms with Crippen LogP contribution in [0.4, 0.5) is 0 Å². The molecule has 0 aliphatic heterocycles. The average Bonchev–Trinajstić information content (AvgIpc) is 2.82. The molecule has 0 spiro atoms. The van der Waals surface area contributed by atoms with E-state index in [0.29, 0.717) is 49.4 Å². The van der Waals surface area contributed by atoms with Crippen molar-refractivity contribution in [3.8, 4) is 17.0 Å². The lowest BCUT2D eigenvalue weighted by atomic mass is 9.74. The van der Waals surface area contributed by atoms with Gasteiger partial charge >= 0.3 is 0 Å². The fraction of sp³-hybridized carbons (Fsp3) is 0.464. The lowest BCUT2D eigenvalue weighted by Gasteiger charge is -2.38. The molecule has 1 aliphatic carbocycles. The predicted molar refractivity (Wildman–Crippen MR) is 136 cm³/mol. The number of benzene rings is 2. The van der Waals surface area contributed by atoms with Gasteiger partial charge in [0.1, 0.15) is 11.6 Å². The van der Waals surface area contributed by atoms with Crippen LogP contribution in [0.15, 0.2) is 36.4 Å². The lowest BCUT2D eigenvalue weighted by molar-refractivity contribution is -0.138. The number of fused-ring (bicyclic) bond motifs is 1. The van der Waals surface area contributed by atoms with Crippen LogP contribution in [0.2, 0.25) is 0 Å². The smallest absolute Gasteiger partial charge is 0.225 e. The van der Waals surface area contributed by atoms with Crippen LogP contribution in [0.1, 0.15) is 49.6 Å². The van der Waals surface area contributed by atoms with Crippen molar-refractivity contribution in [3.05, 3.63) is 53.3 Å². The van der Waals surface area contributed by atoms with Gasteiger partial charge in [0.15, 0.2) is 0 Å². The Morgan fingerprint density at radius 2 is 1.91 bits per heavy atom. The third-order valence-corrected chi connectivity index (χ3v) is 7.00. The largest absolute Gasteiger partial charge is 0.496 e. The zero-order valence-corrected chi connectivity index (χ0v) is 21.2. The summed E-state index contributed by atoms with van der Waals surface area (Å²) in [5, 5.41) is 22.3. The molecule has 1 atom stereocenters. The minimum atomic E-state index is -1.12. The first-order valence-electron chi connectivity index (χ1n) is 12.2. The zero-order valence-electron chi connectivity index (χ0n) is 21.2. The summed E-state index contributed by atoms with van der Waals surface area (Å²) in [7, 11) is 3.32. The standard InChI is InChI=1S/C28H35N3O4/c1-17-7-6-8-21(13-17)26-22-14-23(25(35-5)15-24(22)29-19(3)30-26)28(34)11-9-20(10-12-28)27(33)31(4)16-18(2)32/h6-8,13-15,18,20,32,34H,9-12,16H2,1-5H3. The molecule has 1 saturated carbocycles. The Balaban J connectivity index is 1.70. The topological polar surface area (TPSA) is 95.8 Å². The predicted octanol–water partition coefficient (Wildman–Crippen LogP) is 4.14. The van der Waals surface area contributed by atoms with Crippen molar-refractivity contribution in [3.63, 3.8) is 0 Å². The van der Waals surface area contributed by atoms with E-state index in [1.807, 2.05) is 31.2 Å².